The lowest BCUT2D eigenvalue weighted by Crippen LogP contribution is -2.51. The van der Waals surface area contributed by atoms with E-state index in [1.165, 1.54) is 35.7 Å². The third-order valence-corrected chi connectivity index (χ3v) is 9.43. The lowest BCUT2D eigenvalue weighted by atomic mass is 10.0. The maximum atomic E-state index is 13.6. The third-order valence-electron chi connectivity index (χ3n) is 7.59. The highest BCUT2D eigenvalue weighted by atomic mass is 32.2. The van der Waals surface area contributed by atoms with Gasteiger partial charge in [0, 0.05) is 31.7 Å². The van der Waals surface area contributed by atoms with Gasteiger partial charge < -0.3 is 36.3 Å². The molecule has 1 heterocycles. The molecule has 0 unspecified atom stereocenters. The second-order valence-corrected chi connectivity index (χ2v) is 13.6. The van der Waals surface area contributed by atoms with Crippen molar-refractivity contribution in [1.82, 2.24) is 14.9 Å². The van der Waals surface area contributed by atoms with Crippen LogP contribution in [0, 0.1) is 5.92 Å². The zero-order valence-electron chi connectivity index (χ0n) is 26.3. The smallest absolute Gasteiger partial charge is 0.407 e. The number of nitrogens with one attached hydrogen (secondary N) is 3. The first-order valence-electron chi connectivity index (χ1n) is 15.2. The average Bonchev–Trinajstić information content (AvgIpc) is 3.49. The van der Waals surface area contributed by atoms with Crippen LogP contribution < -0.4 is 26.4 Å². The largest absolute Gasteiger partial charge is 0.495 e. The molecule has 3 aromatic carbocycles. The van der Waals surface area contributed by atoms with Crippen molar-refractivity contribution in [3.05, 3.63) is 84.4 Å². The predicted octanol–water partition coefficient (Wildman–Crippen LogP) is 2.99. The number of benzene rings is 3. The molecule has 0 bridgehead atoms. The van der Waals surface area contributed by atoms with Gasteiger partial charge in [0.25, 0.3) is 0 Å². The van der Waals surface area contributed by atoms with Gasteiger partial charge in [0.2, 0.25) is 15.9 Å². The van der Waals surface area contributed by atoms with Gasteiger partial charge in [0.1, 0.15) is 11.9 Å². The first kappa shape index (κ1) is 34.7. The molecule has 3 aromatic rings. The number of alkyl carbamates (subject to hydrolysis) is 1. The summed E-state index contributed by atoms with van der Waals surface area (Å²) >= 11 is 0. The average molecular weight is 654 g/mol. The van der Waals surface area contributed by atoms with E-state index in [1.54, 1.807) is 24.3 Å². The Labute approximate surface area is 270 Å². The van der Waals surface area contributed by atoms with Gasteiger partial charge in [-0.1, -0.05) is 56.3 Å². The summed E-state index contributed by atoms with van der Waals surface area (Å²) in [5.41, 5.74) is 7.55. The summed E-state index contributed by atoms with van der Waals surface area (Å²) in [7, 11) is -2.47. The Kier molecular flexibility index (Phi) is 12.0. The van der Waals surface area contributed by atoms with Gasteiger partial charge in [0.15, 0.2) is 0 Å². The maximum Gasteiger partial charge on any atom is 0.407 e. The van der Waals surface area contributed by atoms with E-state index in [0.29, 0.717) is 17.1 Å². The molecule has 13 heteroatoms. The van der Waals surface area contributed by atoms with Crippen LogP contribution in [0.15, 0.2) is 83.8 Å². The number of hydrogen-bond donors (Lipinski definition) is 5. The van der Waals surface area contributed by atoms with Crippen molar-refractivity contribution in [2.24, 2.45) is 5.92 Å². The van der Waals surface area contributed by atoms with Crippen LogP contribution >= 0.6 is 0 Å². The molecular weight excluding hydrogens is 610 g/mol. The minimum atomic E-state index is -3.98. The zero-order chi connectivity index (χ0) is 33.3. The molecule has 12 nitrogen and oxygen atoms in total. The quantitative estimate of drug-likeness (QED) is 0.164. The number of anilines is 2. The minimum Gasteiger partial charge on any atom is -0.495 e. The molecule has 1 aliphatic rings. The van der Waals surface area contributed by atoms with Gasteiger partial charge in [-0.05, 0) is 54.3 Å². The fourth-order valence-corrected chi connectivity index (χ4v) is 6.87. The fourth-order valence-electron chi connectivity index (χ4n) is 5.25. The SMILES string of the molecule is COc1ccccc1NC(=O)[C@@H]1C[C@@H](OC(=O)N[C@@H](Cc2ccccc2)[C@H](O)CN(CC(C)C)S(=O)(=O)c2ccc(N)cc2)CN1. The Bertz CT molecular complexity index is 1550. The normalized spacial score (nSPS) is 17.8. The molecule has 0 aromatic heterocycles. The second-order valence-electron chi connectivity index (χ2n) is 11.7. The Hall–Kier alpha value is -4.17. The van der Waals surface area contributed by atoms with Crippen LogP contribution in [0.1, 0.15) is 25.8 Å². The van der Waals surface area contributed by atoms with Gasteiger partial charge in [-0.3, -0.25) is 4.79 Å². The number of aliphatic hydroxyl groups excluding tert-OH is 1. The molecule has 0 spiro atoms. The number of methoxy groups -OCH3 is 1. The summed E-state index contributed by atoms with van der Waals surface area (Å²) in [5.74, 6) is 0.197. The fraction of sp³-hybridized carbons (Fsp3) is 0.394. The van der Waals surface area contributed by atoms with E-state index in [2.05, 4.69) is 16.0 Å². The number of carbonyl (C=O) groups excluding carboxylic acids is 2. The first-order valence-corrected chi connectivity index (χ1v) is 16.6. The number of carbonyl (C=O) groups is 2. The number of hydrogen-bond acceptors (Lipinski definition) is 9. The van der Waals surface area contributed by atoms with Crippen LogP contribution in [0.2, 0.25) is 0 Å². The predicted molar refractivity (Wildman–Crippen MR) is 176 cm³/mol. The van der Waals surface area contributed by atoms with Crippen molar-refractivity contribution in [2.45, 2.75) is 55.9 Å². The summed E-state index contributed by atoms with van der Waals surface area (Å²) in [5, 5.41) is 20.1. The van der Waals surface area contributed by atoms with E-state index in [-0.39, 0.29) is 49.2 Å². The number of sulfonamides is 1. The Balaban J connectivity index is 1.43. The summed E-state index contributed by atoms with van der Waals surface area (Å²) in [6.45, 7) is 3.91. The van der Waals surface area contributed by atoms with E-state index in [0.717, 1.165) is 5.56 Å². The van der Waals surface area contributed by atoms with Gasteiger partial charge in [-0.15, -0.1) is 0 Å². The lowest BCUT2D eigenvalue weighted by molar-refractivity contribution is -0.118. The second kappa shape index (κ2) is 15.9. The number of rotatable bonds is 14. The van der Waals surface area contributed by atoms with E-state index < -0.39 is 40.4 Å². The highest BCUT2D eigenvalue weighted by Crippen LogP contribution is 2.24. The van der Waals surface area contributed by atoms with Gasteiger partial charge in [-0.25, -0.2) is 13.2 Å². The van der Waals surface area contributed by atoms with E-state index in [1.807, 2.05) is 44.2 Å². The van der Waals surface area contributed by atoms with Gasteiger partial charge in [-0.2, -0.15) is 4.31 Å². The Morgan fingerprint density at radius 2 is 1.70 bits per heavy atom. The highest BCUT2D eigenvalue weighted by Gasteiger charge is 2.34. The minimum absolute atomic E-state index is 0.0377. The Morgan fingerprint density at radius 3 is 2.37 bits per heavy atom. The van der Waals surface area contributed by atoms with Crippen LogP contribution in [0.3, 0.4) is 0 Å². The van der Waals surface area contributed by atoms with Crippen LogP contribution in [-0.4, -0.2) is 80.9 Å². The molecule has 0 radical (unpaired) electrons. The summed E-state index contributed by atoms with van der Waals surface area (Å²) < 4.78 is 39.4. The topological polar surface area (TPSA) is 172 Å². The number of para-hydroxylation sites is 2. The molecule has 4 rings (SSSR count). The van der Waals surface area contributed by atoms with Crippen molar-refractivity contribution < 1.29 is 32.6 Å². The lowest BCUT2D eigenvalue weighted by Gasteiger charge is -2.30. The van der Waals surface area contributed by atoms with Crippen LogP contribution in [0.4, 0.5) is 16.2 Å². The molecule has 248 valence electrons. The monoisotopic (exact) mass is 653 g/mol. The van der Waals surface area contributed by atoms with Crippen LogP contribution in [-0.2, 0) is 26.0 Å². The standard InChI is InChI=1S/C33H43N5O7S/c1-22(2)20-38(46(42,43)26-15-13-24(34)14-16-26)21-30(39)28(17-23-9-5-4-6-10-23)37-33(41)45-25-18-29(35-19-25)32(40)36-27-11-7-8-12-31(27)44-3/h4-16,22,25,28-30,35,39H,17-21,34H2,1-3H3,(H,36,40)(H,37,41)/t25-,28+,29+,30-/m1/s1. The summed E-state index contributed by atoms with van der Waals surface area (Å²) in [4.78, 5) is 26.1. The van der Waals surface area contributed by atoms with Gasteiger partial charge in [0.05, 0.1) is 35.9 Å². The molecule has 2 amide bonds. The first-order chi connectivity index (χ1) is 22.0. The Morgan fingerprint density at radius 1 is 1.02 bits per heavy atom. The number of nitrogens with zero attached hydrogens (tertiary/aromatic N) is 1. The van der Waals surface area contributed by atoms with Crippen molar-refractivity contribution in [1.29, 1.82) is 0 Å². The molecule has 0 saturated carbocycles. The number of amides is 2. The van der Waals surface area contributed by atoms with Crippen molar-refractivity contribution in [3.8, 4) is 5.75 Å². The summed E-state index contributed by atoms with van der Waals surface area (Å²) in [6.07, 6.45) is -2.21. The van der Waals surface area contributed by atoms with Gasteiger partial charge >= 0.3 is 6.09 Å². The number of ether oxygens (including phenoxy) is 2. The molecule has 1 aliphatic heterocycles. The van der Waals surface area contributed by atoms with Crippen LogP contribution in [0.5, 0.6) is 5.75 Å². The molecular formula is C33H43N5O7S. The summed E-state index contributed by atoms with van der Waals surface area (Å²) in [6, 6.07) is 20.7. The van der Waals surface area contributed by atoms with E-state index in [9.17, 15) is 23.1 Å². The highest BCUT2D eigenvalue weighted by molar-refractivity contribution is 7.89. The number of nitrogen functional groups attached to an aromatic ring is 1. The molecule has 4 atom stereocenters. The number of nitrogens with two attached hydrogens (primary N) is 1. The van der Waals surface area contributed by atoms with Crippen molar-refractivity contribution >= 4 is 33.4 Å². The zero-order valence-corrected chi connectivity index (χ0v) is 27.1. The molecule has 6 N–H and O–H groups in total. The van der Waals surface area contributed by atoms with Crippen LogP contribution in [0.25, 0.3) is 0 Å². The van der Waals surface area contributed by atoms with E-state index >= 15 is 0 Å². The maximum absolute atomic E-state index is 13.6. The van der Waals surface area contributed by atoms with E-state index in [4.69, 9.17) is 15.2 Å². The molecule has 0 aliphatic carbocycles. The molecule has 1 saturated heterocycles. The van der Waals surface area contributed by atoms with Crippen molar-refractivity contribution in [2.75, 3.05) is 37.8 Å². The van der Waals surface area contributed by atoms with Crippen molar-refractivity contribution in [3.63, 3.8) is 0 Å². The third kappa shape index (κ3) is 9.42. The molecule has 46 heavy (non-hydrogen) atoms. The number of aliphatic hydroxyl groups is 1. The molecule has 1 fully saturated rings.